The number of aromatic nitrogens is 1. The molecule has 156 valence electrons. The van der Waals surface area contributed by atoms with Gasteiger partial charge in [-0.3, -0.25) is 4.79 Å². The van der Waals surface area contributed by atoms with E-state index in [-0.39, 0.29) is 29.2 Å². The van der Waals surface area contributed by atoms with Gasteiger partial charge in [-0.2, -0.15) is 5.26 Å². The molecule has 1 atom stereocenters. The molecule has 1 aromatic carbocycles. The lowest BCUT2D eigenvalue weighted by Crippen LogP contribution is -2.29. The predicted octanol–water partition coefficient (Wildman–Crippen LogP) is 2.96. The number of fused-ring (bicyclic) bond motifs is 1. The van der Waals surface area contributed by atoms with Crippen LogP contribution in [0.4, 0.5) is 0 Å². The highest BCUT2D eigenvalue weighted by Crippen LogP contribution is 2.40. The first-order valence-corrected chi connectivity index (χ1v) is 9.63. The molecule has 2 aromatic rings. The van der Waals surface area contributed by atoms with Gasteiger partial charge in [0, 0.05) is 22.9 Å². The van der Waals surface area contributed by atoms with Crippen LogP contribution in [0.1, 0.15) is 38.2 Å². The fourth-order valence-corrected chi connectivity index (χ4v) is 3.52. The van der Waals surface area contributed by atoms with E-state index in [2.05, 4.69) is 4.98 Å². The maximum atomic E-state index is 13.0. The van der Waals surface area contributed by atoms with E-state index < -0.39 is 17.4 Å². The smallest absolute Gasteiger partial charge is 0.338 e. The Hall–Kier alpha value is -3.73. The van der Waals surface area contributed by atoms with Gasteiger partial charge < -0.3 is 24.9 Å². The number of nitrogens with one attached hydrogen (secondary N) is 1. The third-order valence-electron chi connectivity index (χ3n) is 4.86. The van der Waals surface area contributed by atoms with Crippen molar-refractivity contribution in [2.24, 2.45) is 5.73 Å². The molecular weight excluding hydrogens is 386 g/mol. The zero-order valence-corrected chi connectivity index (χ0v) is 17.1. The van der Waals surface area contributed by atoms with Crippen LogP contribution in [-0.4, -0.2) is 24.7 Å². The quantitative estimate of drug-likeness (QED) is 0.702. The zero-order valence-electron chi connectivity index (χ0n) is 17.1. The van der Waals surface area contributed by atoms with Crippen molar-refractivity contribution in [1.82, 2.24) is 4.98 Å². The number of nitriles is 1. The van der Waals surface area contributed by atoms with Crippen LogP contribution in [0.2, 0.25) is 0 Å². The monoisotopic (exact) mass is 409 g/mol. The second-order valence-corrected chi connectivity index (χ2v) is 6.74. The summed E-state index contributed by atoms with van der Waals surface area (Å²) in [6.45, 7) is 3.74. The molecule has 0 amide bonds. The molecule has 8 heteroatoms. The average Bonchev–Trinajstić information content (AvgIpc) is 2.73. The molecule has 0 saturated heterocycles. The predicted molar refractivity (Wildman–Crippen MR) is 110 cm³/mol. The van der Waals surface area contributed by atoms with Gasteiger partial charge in [-0.15, -0.1) is 0 Å². The van der Waals surface area contributed by atoms with E-state index in [1.165, 1.54) is 0 Å². The normalized spacial score (nSPS) is 16.3. The van der Waals surface area contributed by atoms with Crippen LogP contribution in [0.5, 0.6) is 5.75 Å². The summed E-state index contributed by atoms with van der Waals surface area (Å²) >= 11 is 0. The number of H-pyrrole nitrogens is 1. The molecule has 0 radical (unpaired) electrons. The van der Waals surface area contributed by atoms with Gasteiger partial charge in [0.1, 0.15) is 23.2 Å². The third kappa shape index (κ3) is 3.74. The topological polar surface area (TPSA) is 127 Å². The maximum Gasteiger partial charge on any atom is 0.338 e. The van der Waals surface area contributed by atoms with E-state index in [9.17, 15) is 14.9 Å². The van der Waals surface area contributed by atoms with Crippen molar-refractivity contribution in [3.63, 3.8) is 0 Å². The van der Waals surface area contributed by atoms with Crippen LogP contribution < -0.4 is 16.0 Å². The highest BCUT2D eigenvalue weighted by molar-refractivity contribution is 5.93. The molecule has 2 heterocycles. The first kappa shape index (κ1) is 21.0. The van der Waals surface area contributed by atoms with Crippen LogP contribution in [-0.2, 0) is 14.3 Å². The standard InChI is InChI=1S/C22H23N3O5/c1-4-6-17-19(22(27)29-5-2)18(15(11-23)20(24)30-17)14-10-12-9-13(28-3)7-8-16(12)25-21(14)26/h7-10,18H,4-6,24H2,1-3H3,(H,25,26). The van der Waals surface area contributed by atoms with Gasteiger partial charge in [0.2, 0.25) is 5.88 Å². The first-order valence-electron chi connectivity index (χ1n) is 9.63. The van der Waals surface area contributed by atoms with Gasteiger partial charge in [-0.1, -0.05) is 6.92 Å². The summed E-state index contributed by atoms with van der Waals surface area (Å²) in [6, 6.07) is 8.85. The number of methoxy groups -OCH3 is 1. The molecule has 1 aliphatic rings. The number of hydrogen-bond acceptors (Lipinski definition) is 7. The van der Waals surface area contributed by atoms with Crippen LogP contribution in [0.15, 0.2) is 51.8 Å². The number of carbonyl (C=O) groups excluding carboxylic acids is 1. The Kier molecular flexibility index (Phi) is 6.11. The number of hydrogen-bond donors (Lipinski definition) is 2. The second kappa shape index (κ2) is 8.74. The van der Waals surface area contributed by atoms with Crippen molar-refractivity contribution < 1.29 is 19.0 Å². The van der Waals surface area contributed by atoms with E-state index in [0.29, 0.717) is 35.3 Å². The lowest BCUT2D eigenvalue weighted by atomic mass is 9.82. The molecule has 1 aromatic heterocycles. The minimum absolute atomic E-state index is 0.00866. The Morgan fingerprint density at radius 1 is 1.33 bits per heavy atom. The first-order chi connectivity index (χ1) is 14.4. The minimum atomic E-state index is -0.997. The Bertz CT molecular complexity index is 1150. The molecular formula is C22H23N3O5. The highest BCUT2D eigenvalue weighted by atomic mass is 16.5. The number of rotatable bonds is 6. The van der Waals surface area contributed by atoms with Crippen molar-refractivity contribution in [3.05, 3.63) is 63.0 Å². The minimum Gasteiger partial charge on any atom is -0.497 e. The fraction of sp³-hybridized carbons (Fsp3) is 0.318. The second-order valence-electron chi connectivity index (χ2n) is 6.74. The summed E-state index contributed by atoms with van der Waals surface area (Å²) in [4.78, 5) is 28.6. The van der Waals surface area contributed by atoms with E-state index >= 15 is 0 Å². The number of nitrogens with zero attached hydrogens (tertiary/aromatic N) is 1. The zero-order chi connectivity index (χ0) is 21.8. The van der Waals surface area contributed by atoms with Crippen LogP contribution in [0, 0.1) is 11.3 Å². The molecule has 0 fully saturated rings. The number of nitrogens with two attached hydrogens (primary N) is 1. The Morgan fingerprint density at radius 3 is 2.73 bits per heavy atom. The number of carbonyl (C=O) groups is 1. The van der Waals surface area contributed by atoms with Gasteiger partial charge in [0.05, 0.1) is 25.2 Å². The third-order valence-corrected chi connectivity index (χ3v) is 4.86. The van der Waals surface area contributed by atoms with Crippen LogP contribution in [0.3, 0.4) is 0 Å². The number of pyridine rings is 1. The average molecular weight is 409 g/mol. The number of allylic oxidation sites excluding steroid dienone is 2. The largest absolute Gasteiger partial charge is 0.497 e. The van der Waals surface area contributed by atoms with Gasteiger partial charge >= 0.3 is 5.97 Å². The van der Waals surface area contributed by atoms with Crippen molar-refractivity contribution in [2.75, 3.05) is 13.7 Å². The van der Waals surface area contributed by atoms with Crippen LogP contribution >= 0.6 is 0 Å². The molecule has 0 spiro atoms. The lowest BCUT2D eigenvalue weighted by Gasteiger charge is -2.27. The Labute approximate surface area is 173 Å². The van der Waals surface area contributed by atoms with E-state index in [4.69, 9.17) is 19.9 Å². The summed E-state index contributed by atoms with van der Waals surface area (Å²) in [5.41, 5.74) is 6.48. The van der Waals surface area contributed by atoms with E-state index in [1.807, 2.05) is 13.0 Å². The Balaban J connectivity index is 2.30. The molecule has 0 saturated carbocycles. The SMILES string of the molecule is CCCC1=C(C(=O)OCC)C(c2cc3cc(OC)ccc3[nH]c2=O)C(C#N)=C(N)O1. The molecule has 0 bridgehead atoms. The summed E-state index contributed by atoms with van der Waals surface area (Å²) in [5, 5.41) is 10.4. The van der Waals surface area contributed by atoms with Crippen molar-refractivity contribution >= 4 is 16.9 Å². The molecule has 1 aliphatic heterocycles. The number of esters is 1. The van der Waals surface area contributed by atoms with Crippen LogP contribution in [0.25, 0.3) is 10.9 Å². The summed E-state index contributed by atoms with van der Waals surface area (Å²) < 4.78 is 16.1. The fourth-order valence-electron chi connectivity index (χ4n) is 3.52. The number of aromatic amines is 1. The van der Waals surface area contributed by atoms with Crippen molar-refractivity contribution in [1.29, 1.82) is 5.26 Å². The number of benzene rings is 1. The van der Waals surface area contributed by atoms with Crippen molar-refractivity contribution in [2.45, 2.75) is 32.6 Å². The molecule has 0 aliphatic carbocycles. The van der Waals surface area contributed by atoms with Gasteiger partial charge in [0.25, 0.3) is 5.56 Å². The van der Waals surface area contributed by atoms with E-state index in [1.54, 1.807) is 38.3 Å². The maximum absolute atomic E-state index is 13.0. The Morgan fingerprint density at radius 2 is 2.10 bits per heavy atom. The molecule has 3 rings (SSSR count). The summed E-state index contributed by atoms with van der Waals surface area (Å²) in [7, 11) is 1.54. The summed E-state index contributed by atoms with van der Waals surface area (Å²) in [6.07, 6.45) is 1.08. The molecule has 30 heavy (non-hydrogen) atoms. The summed E-state index contributed by atoms with van der Waals surface area (Å²) in [5.74, 6) is -0.845. The molecule has 1 unspecified atom stereocenters. The number of ether oxygens (including phenoxy) is 3. The van der Waals surface area contributed by atoms with Crippen molar-refractivity contribution in [3.8, 4) is 11.8 Å². The van der Waals surface area contributed by atoms with Gasteiger partial charge in [-0.25, -0.2) is 4.79 Å². The molecule has 8 nitrogen and oxygen atoms in total. The molecule has 3 N–H and O–H groups in total. The van der Waals surface area contributed by atoms with E-state index in [0.717, 1.165) is 0 Å². The van der Waals surface area contributed by atoms with Gasteiger partial charge in [-0.05, 0) is 37.6 Å². The highest BCUT2D eigenvalue weighted by Gasteiger charge is 2.38. The lowest BCUT2D eigenvalue weighted by molar-refractivity contribution is -0.139. The van der Waals surface area contributed by atoms with Gasteiger partial charge in [0.15, 0.2) is 0 Å².